The fourth-order valence-corrected chi connectivity index (χ4v) is 3.71. The van der Waals surface area contributed by atoms with Gasteiger partial charge in [0.15, 0.2) is 9.84 Å². The SMILES string of the molecule is O=C(CS(=O)(=O)Cc1ccccc1F)N[C@H]1CCCCNC1=O. The van der Waals surface area contributed by atoms with Gasteiger partial charge in [-0.15, -0.1) is 0 Å². The first-order valence-electron chi connectivity index (χ1n) is 7.38. The van der Waals surface area contributed by atoms with E-state index in [0.29, 0.717) is 13.0 Å². The Bertz CT molecular complexity index is 690. The third kappa shape index (κ3) is 5.31. The Labute approximate surface area is 134 Å². The van der Waals surface area contributed by atoms with E-state index in [1.807, 2.05) is 0 Å². The molecular weight excluding hydrogens is 323 g/mol. The molecule has 1 aromatic carbocycles. The molecule has 0 aliphatic carbocycles. The van der Waals surface area contributed by atoms with Crippen LogP contribution in [0.15, 0.2) is 24.3 Å². The molecule has 1 saturated heterocycles. The van der Waals surface area contributed by atoms with E-state index in [-0.39, 0.29) is 11.5 Å². The van der Waals surface area contributed by atoms with Crippen molar-refractivity contribution in [2.75, 3.05) is 12.3 Å². The lowest BCUT2D eigenvalue weighted by Crippen LogP contribution is -2.47. The number of amides is 2. The van der Waals surface area contributed by atoms with E-state index in [4.69, 9.17) is 0 Å². The van der Waals surface area contributed by atoms with E-state index in [0.717, 1.165) is 12.8 Å². The van der Waals surface area contributed by atoms with Crippen molar-refractivity contribution in [2.45, 2.75) is 31.1 Å². The molecule has 0 spiro atoms. The summed E-state index contributed by atoms with van der Waals surface area (Å²) in [5.41, 5.74) is 0.0208. The molecule has 1 heterocycles. The number of sulfone groups is 1. The molecule has 2 amide bonds. The number of carbonyl (C=O) groups is 2. The Morgan fingerprint density at radius 1 is 1.30 bits per heavy atom. The van der Waals surface area contributed by atoms with Crippen LogP contribution in [-0.2, 0) is 25.2 Å². The topological polar surface area (TPSA) is 92.3 Å². The van der Waals surface area contributed by atoms with Crippen LogP contribution >= 0.6 is 0 Å². The number of carbonyl (C=O) groups excluding carboxylic acids is 2. The van der Waals surface area contributed by atoms with E-state index in [9.17, 15) is 22.4 Å². The molecule has 0 saturated carbocycles. The van der Waals surface area contributed by atoms with Gasteiger partial charge in [-0.2, -0.15) is 0 Å². The van der Waals surface area contributed by atoms with Gasteiger partial charge < -0.3 is 10.6 Å². The zero-order chi connectivity index (χ0) is 16.9. The standard InChI is InChI=1S/C15H19FN2O4S/c16-12-6-2-1-5-11(12)9-23(21,22)10-14(19)18-13-7-3-4-8-17-15(13)20/h1-2,5-6,13H,3-4,7-10H2,(H,17,20)(H,18,19)/t13-/m0/s1. The average Bonchev–Trinajstić information content (AvgIpc) is 2.66. The van der Waals surface area contributed by atoms with Crippen molar-refractivity contribution in [2.24, 2.45) is 0 Å². The first kappa shape index (κ1) is 17.4. The lowest BCUT2D eigenvalue weighted by molar-refractivity contribution is -0.127. The summed E-state index contributed by atoms with van der Waals surface area (Å²) in [6, 6.07) is 4.81. The molecule has 1 aliphatic heterocycles. The summed E-state index contributed by atoms with van der Waals surface area (Å²) in [7, 11) is -3.82. The lowest BCUT2D eigenvalue weighted by Gasteiger charge is -2.15. The summed E-state index contributed by atoms with van der Waals surface area (Å²) < 4.78 is 37.6. The van der Waals surface area contributed by atoms with E-state index in [2.05, 4.69) is 10.6 Å². The molecule has 2 N–H and O–H groups in total. The number of rotatable bonds is 5. The molecule has 23 heavy (non-hydrogen) atoms. The highest BCUT2D eigenvalue weighted by molar-refractivity contribution is 7.91. The molecule has 8 heteroatoms. The molecule has 1 aliphatic rings. The van der Waals surface area contributed by atoms with Gasteiger partial charge in [-0.1, -0.05) is 18.2 Å². The second kappa shape index (κ2) is 7.54. The molecule has 1 fully saturated rings. The zero-order valence-electron chi connectivity index (χ0n) is 12.5. The van der Waals surface area contributed by atoms with Gasteiger partial charge in [0.2, 0.25) is 11.8 Å². The summed E-state index contributed by atoms with van der Waals surface area (Å²) in [6.45, 7) is 0.552. The second-order valence-corrected chi connectivity index (χ2v) is 7.60. The monoisotopic (exact) mass is 342 g/mol. The third-order valence-electron chi connectivity index (χ3n) is 3.55. The van der Waals surface area contributed by atoms with Gasteiger partial charge in [0.05, 0.1) is 5.75 Å². The van der Waals surface area contributed by atoms with Gasteiger partial charge in [0, 0.05) is 12.1 Å². The Balaban J connectivity index is 1.95. The Kier molecular flexibility index (Phi) is 5.70. The third-order valence-corrected chi connectivity index (χ3v) is 5.01. The van der Waals surface area contributed by atoms with Gasteiger partial charge in [-0.25, -0.2) is 12.8 Å². The van der Waals surface area contributed by atoms with Crippen molar-refractivity contribution in [3.8, 4) is 0 Å². The first-order chi connectivity index (χ1) is 10.9. The van der Waals surface area contributed by atoms with Crippen LogP contribution in [0.1, 0.15) is 24.8 Å². The molecule has 2 rings (SSSR count). The van der Waals surface area contributed by atoms with Crippen LogP contribution in [0, 0.1) is 5.82 Å². The fraction of sp³-hybridized carbons (Fsp3) is 0.467. The van der Waals surface area contributed by atoms with Crippen molar-refractivity contribution in [1.29, 1.82) is 0 Å². The summed E-state index contributed by atoms with van der Waals surface area (Å²) >= 11 is 0. The van der Waals surface area contributed by atoms with E-state index in [1.165, 1.54) is 24.3 Å². The Morgan fingerprint density at radius 2 is 2.04 bits per heavy atom. The van der Waals surface area contributed by atoms with E-state index < -0.39 is 39.1 Å². The predicted molar refractivity (Wildman–Crippen MR) is 82.7 cm³/mol. The number of nitrogens with one attached hydrogen (secondary N) is 2. The van der Waals surface area contributed by atoms with Crippen LogP contribution in [0.5, 0.6) is 0 Å². The summed E-state index contributed by atoms with van der Waals surface area (Å²) in [6.07, 6.45) is 2.07. The highest BCUT2D eigenvalue weighted by Crippen LogP contribution is 2.11. The van der Waals surface area contributed by atoms with Gasteiger partial charge >= 0.3 is 0 Å². The van der Waals surface area contributed by atoms with E-state index in [1.54, 1.807) is 0 Å². The second-order valence-electron chi connectivity index (χ2n) is 5.53. The van der Waals surface area contributed by atoms with Crippen LogP contribution in [0.2, 0.25) is 0 Å². The minimum absolute atomic E-state index is 0.0208. The number of benzene rings is 1. The smallest absolute Gasteiger partial charge is 0.242 e. The quantitative estimate of drug-likeness (QED) is 0.816. The van der Waals surface area contributed by atoms with Gasteiger partial charge in [0.1, 0.15) is 17.6 Å². The van der Waals surface area contributed by atoms with Crippen LogP contribution in [0.4, 0.5) is 4.39 Å². The van der Waals surface area contributed by atoms with Crippen LogP contribution in [-0.4, -0.2) is 38.6 Å². The molecule has 6 nitrogen and oxygen atoms in total. The highest BCUT2D eigenvalue weighted by atomic mass is 32.2. The Hall–Kier alpha value is -1.96. The normalized spacial score (nSPS) is 18.8. The summed E-state index contributed by atoms with van der Waals surface area (Å²) in [5, 5.41) is 5.10. The van der Waals surface area contributed by atoms with Crippen molar-refractivity contribution < 1.29 is 22.4 Å². The molecular formula is C15H19FN2O4S. The van der Waals surface area contributed by atoms with Gasteiger partial charge in [0.25, 0.3) is 0 Å². The summed E-state index contributed by atoms with van der Waals surface area (Å²) in [4.78, 5) is 23.6. The van der Waals surface area contributed by atoms with Crippen molar-refractivity contribution in [1.82, 2.24) is 10.6 Å². The number of hydrogen-bond donors (Lipinski definition) is 2. The lowest BCUT2D eigenvalue weighted by atomic mass is 10.1. The molecule has 126 valence electrons. The predicted octanol–water partition coefficient (Wildman–Crippen LogP) is 0.525. The molecule has 0 radical (unpaired) electrons. The minimum atomic E-state index is -3.82. The van der Waals surface area contributed by atoms with Crippen molar-refractivity contribution in [3.05, 3.63) is 35.6 Å². The zero-order valence-corrected chi connectivity index (χ0v) is 13.4. The maximum atomic E-state index is 13.5. The van der Waals surface area contributed by atoms with Crippen LogP contribution < -0.4 is 10.6 Å². The van der Waals surface area contributed by atoms with E-state index >= 15 is 0 Å². The molecule has 1 atom stereocenters. The number of halogens is 1. The van der Waals surface area contributed by atoms with Crippen LogP contribution in [0.25, 0.3) is 0 Å². The highest BCUT2D eigenvalue weighted by Gasteiger charge is 2.25. The maximum absolute atomic E-state index is 13.5. The van der Waals surface area contributed by atoms with Crippen molar-refractivity contribution >= 4 is 21.7 Å². The largest absolute Gasteiger partial charge is 0.354 e. The van der Waals surface area contributed by atoms with Gasteiger partial charge in [-0.3, -0.25) is 9.59 Å². The maximum Gasteiger partial charge on any atom is 0.242 e. The van der Waals surface area contributed by atoms with Gasteiger partial charge in [-0.05, 0) is 25.3 Å². The molecule has 0 bridgehead atoms. The van der Waals surface area contributed by atoms with Crippen LogP contribution in [0.3, 0.4) is 0 Å². The Morgan fingerprint density at radius 3 is 2.78 bits per heavy atom. The first-order valence-corrected chi connectivity index (χ1v) is 9.20. The molecule has 0 unspecified atom stereocenters. The average molecular weight is 342 g/mol. The molecule has 0 aromatic heterocycles. The molecule has 1 aromatic rings. The fourth-order valence-electron chi connectivity index (χ4n) is 2.42. The minimum Gasteiger partial charge on any atom is -0.354 e. The number of hydrogen-bond acceptors (Lipinski definition) is 4. The summed E-state index contributed by atoms with van der Waals surface area (Å²) in [5.74, 6) is -3.00. The van der Waals surface area contributed by atoms with Crippen molar-refractivity contribution in [3.63, 3.8) is 0 Å².